The normalized spacial score (nSPS) is 13.8. The first-order valence-electron chi connectivity index (χ1n) is 10.3. The maximum Gasteiger partial charge on any atom is 0.261 e. The molecule has 30 heavy (non-hydrogen) atoms. The summed E-state index contributed by atoms with van der Waals surface area (Å²) < 4.78 is 1.79. The quantitative estimate of drug-likeness (QED) is 0.548. The van der Waals surface area contributed by atoms with Crippen LogP contribution in [0.4, 0.5) is 5.69 Å². The predicted octanol–water partition coefficient (Wildman–Crippen LogP) is 4.23. The molecule has 0 bridgehead atoms. The lowest BCUT2D eigenvalue weighted by Crippen LogP contribution is -2.24. The molecule has 1 N–H and O–H groups in total. The van der Waals surface area contributed by atoms with Crippen molar-refractivity contribution < 1.29 is 4.79 Å². The average Bonchev–Trinajstić information content (AvgIpc) is 2.99. The third kappa shape index (κ3) is 3.24. The molecule has 2 aromatic carbocycles. The Morgan fingerprint density at radius 3 is 2.73 bits per heavy atom. The Morgan fingerprint density at radius 2 is 1.83 bits per heavy atom. The number of hydrogen-bond donors (Lipinski definition) is 1. The molecule has 0 aliphatic carbocycles. The largest absolute Gasteiger partial charge is 0.321 e. The fraction of sp³-hybridized carbons (Fsp3) is 0.250. The van der Waals surface area contributed by atoms with Gasteiger partial charge in [0, 0.05) is 29.6 Å². The summed E-state index contributed by atoms with van der Waals surface area (Å²) in [5, 5.41) is 4.45. The summed E-state index contributed by atoms with van der Waals surface area (Å²) in [6.45, 7) is 2.62. The molecule has 3 heterocycles. The number of nitrogens with one attached hydrogen (secondary N) is 1. The number of carbonyl (C=O) groups is 1. The maximum atomic E-state index is 13.0. The molecule has 0 saturated carbocycles. The first-order chi connectivity index (χ1) is 14.6. The summed E-state index contributed by atoms with van der Waals surface area (Å²) in [6, 6.07) is 14.7. The van der Waals surface area contributed by atoms with E-state index in [9.17, 15) is 9.59 Å². The molecular weight excluding hydrogens is 376 g/mol. The zero-order valence-electron chi connectivity index (χ0n) is 16.8. The lowest BCUT2D eigenvalue weighted by atomic mass is 10.1. The van der Waals surface area contributed by atoms with Crippen molar-refractivity contribution >= 4 is 33.4 Å². The Bertz CT molecular complexity index is 1360. The Balaban J connectivity index is 1.54. The van der Waals surface area contributed by atoms with Gasteiger partial charge in [0.15, 0.2) is 0 Å². The molecule has 4 aromatic rings. The van der Waals surface area contributed by atoms with Crippen LogP contribution in [-0.2, 0) is 13.0 Å². The molecule has 6 heteroatoms. The second kappa shape index (κ2) is 7.37. The molecule has 150 valence electrons. The van der Waals surface area contributed by atoms with Crippen molar-refractivity contribution in [3.8, 4) is 0 Å². The number of rotatable bonds is 2. The highest BCUT2D eigenvalue weighted by molar-refractivity contribution is 6.09. The van der Waals surface area contributed by atoms with Gasteiger partial charge in [-0.1, -0.05) is 24.6 Å². The van der Waals surface area contributed by atoms with Crippen LogP contribution < -0.4 is 10.9 Å². The highest BCUT2D eigenvalue weighted by Crippen LogP contribution is 2.24. The van der Waals surface area contributed by atoms with E-state index in [-0.39, 0.29) is 11.5 Å². The van der Waals surface area contributed by atoms with E-state index in [1.54, 1.807) is 22.8 Å². The highest BCUT2D eigenvalue weighted by Gasteiger charge is 2.16. The minimum atomic E-state index is -0.232. The molecular formula is C24H22N4O2. The monoisotopic (exact) mass is 398 g/mol. The van der Waals surface area contributed by atoms with Crippen LogP contribution in [0.5, 0.6) is 0 Å². The number of pyridine rings is 1. The number of benzene rings is 2. The number of aryl methyl sites for hydroxylation is 2. The molecule has 0 unspecified atom stereocenters. The SMILES string of the molecule is Cc1cc(NC(=O)c2ccc3c(=O)n4c(nc3c2)CCCCC4)c2ccccc2n1. The van der Waals surface area contributed by atoms with Crippen molar-refractivity contribution in [2.24, 2.45) is 0 Å². The average molecular weight is 398 g/mol. The van der Waals surface area contributed by atoms with Gasteiger partial charge in [0.05, 0.1) is 22.1 Å². The third-order valence-corrected chi connectivity index (χ3v) is 5.67. The van der Waals surface area contributed by atoms with Crippen molar-refractivity contribution in [2.45, 2.75) is 39.2 Å². The standard InChI is InChI=1S/C24H22N4O2/c1-15-13-20(17-7-4-5-8-19(17)25-15)27-23(29)16-10-11-18-21(14-16)26-22-9-3-2-6-12-28(22)24(18)30/h4-5,7-8,10-11,13-14H,2-3,6,9,12H2,1H3,(H,25,27,29). The summed E-state index contributed by atoms with van der Waals surface area (Å²) in [7, 11) is 0. The molecule has 0 saturated heterocycles. The van der Waals surface area contributed by atoms with Crippen LogP contribution in [0.15, 0.2) is 53.3 Å². The van der Waals surface area contributed by atoms with E-state index in [4.69, 9.17) is 4.98 Å². The van der Waals surface area contributed by atoms with E-state index >= 15 is 0 Å². The number of hydrogen-bond acceptors (Lipinski definition) is 4. The van der Waals surface area contributed by atoms with Crippen molar-refractivity contribution in [3.63, 3.8) is 0 Å². The van der Waals surface area contributed by atoms with Crippen molar-refractivity contribution in [2.75, 3.05) is 5.32 Å². The molecule has 0 atom stereocenters. The van der Waals surface area contributed by atoms with Crippen LogP contribution in [0.25, 0.3) is 21.8 Å². The first kappa shape index (κ1) is 18.5. The molecule has 1 amide bonds. The smallest absolute Gasteiger partial charge is 0.261 e. The number of fused-ring (bicyclic) bond motifs is 3. The molecule has 2 aromatic heterocycles. The van der Waals surface area contributed by atoms with Gasteiger partial charge < -0.3 is 5.32 Å². The summed E-state index contributed by atoms with van der Waals surface area (Å²) in [5.74, 6) is 0.586. The van der Waals surface area contributed by atoms with Crippen LogP contribution in [0.3, 0.4) is 0 Å². The number of aromatic nitrogens is 3. The van der Waals surface area contributed by atoms with E-state index in [1.807, 2.05) is 37.3 Å². The van der Waals surface area contributed by atoms with Crippen LogP contribution in [0.1, 0.15) is 41.1 Å². The highest BCUT2D eigenvalue weighted by atomic mass is 16.1. The molecule has 0 radical (unpaired) electrons. The number of carbonyl (C=O) groups excluding carboxylic acids is 1. The second-order valence-corrected chi connectivity index (χ2v) is 7.81. The summed E-state index contributed by atoms with van der Waals surface area (Å²) in [4.78, 5) is 35.1. The minimum absolute atomic E-state index is 0.0142. The predicted molar refractivity (Wildman–Crippen MR) is 118 cm³/mol. The zero-order chi connectivity index (χ0) is 20.7. The lowest BCUT2D eigenvalue weighted by Gasteiger charge is -2.12. The summed E-state index contributed by atoms with van der Waals surface area (Å²) >= 11 is 0. The molecule has 5 rings (SSSR count). The number of anilines is 1. The Kier molecular flexibility index (Phi) is 4.54. The first-order valence-corrected chi connectivity index (χ1v) is 10.3. The zero-order valence-corrected chi connectivity index (χ0v) is 16.8. The fourth-order valence-electron chi connectivity index (χ4n) is 4.17. The Morgan fingerprint density at radius 1 is 0.967 bits per heavy atom. The van der Waals surface area contributed by atoms with Crippen LogP contribution in [-0.4, -0.2) is 20.4 Å². The van der Waals surface area contributed by atoms with Gasteiger partial charge in [-0.25, -0.2) is 4.98 Å². The summed E-state index contributed by atoms with van der Waals surface area (Å²) in [5.41, 5.74) is 3.43. The van der Waals surface area contributed by atoms with Gasteiger partial charge in [-0.3, -0.25) is 19.1 Å². The van der Waals surface area contributed by atoms with Gasteiger partial charge in [-0.05, 0) is 50.1 Å². The van der Waals surface area contributed by atoms with E-state index in [0.717, 1.165) is 53.8 Å². The van der Waals surface area contributed by atoms with Crippen LogP contribution >= 0.6 is 0 Å². The molecule has 6 nitrogen and oxygen atoms in total. The van der Waals surface area contributed by atoms with Crippen molar-refractivity contribution in [3.05, 3.63) is 76.0 Å². The van der Waals surface area contributed by atoms with E-state index < -0.39 is 0 Å². The van der Waals surface area contributed by atoms with Crippen molar-refractivity contribution in [1.82, 2.24) is 14.5 Å². The van der Waals surface area contributed by atoms with E-state index in [1.165, 1.54) is 0 Å². The Labute approximate surface area is 173 Å². The van der Waals surface area contributed by atoms with Gasteiger partial charge in [0.1, 0.15) is 5.82 Å². The van der Waals surface area contributed by atoms with E-state index in [0.29, 0.717) is 23.0 Å². The van der Waals surface area contributed by atoms with Crippen molar-refractivity contribution in [1.29, 1.82) is 0 Å². The van der Waals surface area contributed by atoms with Crippen LogP contribution in [0.2, 0.25) is 0 Å². The minimum Gasteiger partial charge on any atom is -0.321 e. The lowest BCUT2D eigenvalue weighted by molar-refractivity contribution is 0.102. The molecule has 1 aliphatic heterocycles. The molecule has 0 spiro atoms. The topological polar surface area (TPSA) is 76.9 Å². The van der Waals surface area contributed by atoms with Gasteiger partial charge in [0.2, 0.25) is 0 Å². The fourth-order valence-corrected chi connectivity index (χ4v) is 4.17. The molecule has 1 aliphatic rings. The third-order valence-electron chi connectivity index (χ3n) is 5.67. The number of amides is 1. The molecule has 0 fully saturated rings. The van der Waals surface area contributed by atoms with Gasteiger partial charge >= 0.3 is 0 Å². The number of nitrogens with zero attached hydrogens (tertiary/aromatic N) is 3. The second-order valence-electron chi connectivity index (χ2n) is 7.81. The number of para-hydroxylation sites is 1. The van der Waals surface area contributed by atoms with E-state index in [2.05, 4.69) is 10.3 Å². The summed E-state index contributed by atoms with van der Waals surface area (Å²) in [6.07, 6.45) is 3.93. The van der Waals surface area contributed by atoms with Gasteiger partial charge in [-0.2, -0.15) is 0 Å². The van der Waals surface area contributed by atoms with Gasteiger partial charge in [0.25, 0.3) is 11.5 Å². The van der Waals surface area contributed by atoms with Crippen LogP contribution in [0, 0.1) is 6.92 Å². The maximum absolute atomic E-state index is 13.0. The Hall–Kier alpha value is -3.54. The van der Waals surface area contributed by atoms with Gasteiger partial charge in [-0.15, -0.1) is 0 Å².